The highest BCUT2D eigenvalue weighted by atomic mass is 32.2. The third kappa shape index (κ3) is 9.16. The first-order valence-corrected chi connectivity index (χ1v) is 12.6. The van der Waals surface area contributed by atoms with E-state index in [-0.39, 0.29) is 11.5 Å². The minimum Gasteiger partial charge on any atom is -0.464 e. The van der Waals surface area contributed by atoms with Gasteiger partial charge in [-0.15, -0.1) is 0 Å². The topological polar surface area (TPSA) is 63.7 Å². The summed E-state index contributed by atoms with van der Waals surface area (Å²) in [6, 6.07) is 8.05. The molecule has 0 aromatic heterocycles. The Bertz CT molecular complexity index is 753. The zero-order chi connectivity index (χ0) is 22.2. The maximum Gasteiger partial charge on any atom is 0.328 e. The van der Waals surface area contributed by atoms with Gasteiger partial charge in [0, 0.05) is 13.1 Å². The number of benzene rings is 1. The number of hydrogen-bond donors (Lipinski definition) is 0. The summed E-state index contributed by atoms with van der Waals surface area (Å²) in [5.41, 5.74) is 0. The van der Waals surface area contributed by atoms with E-state index in [1.807, 2.05) is 20.0 Å². The number of allylic oxidation sites excluding steroid dienone is 2. The predicted molar refractivity (Wildman–Crippen MR) is 123 cm³/mol. The summed E-state index contributed by atoms with van der Waals surface area (Å²) in [7, 11) is -3.88. The summed E-state index contributed by atoms with van der Waals surface area (Å²) < 4.78 is 31.4. The van der Waals surface area contributed by atoms with Crippen LogP contribution in [0.4, 0.5) is 0 Å². The van der Waals surface area contributed by atoms with Crippen molar-refractivity contribution >= 4 is 15.8 Å². The summed E-state index contributed by atoms with van der Waals surface area (Å²) in [6.45, 7) is 8.20. The molecule has 6 heteroatoms. The number of rotatable bonds is 15. The average molecular weight is 436 g/mol. The molecule has 1 rings (SSSR count). The molecule has 30 heavy (non-hydrogen) atoms. The molecule has 1 aromatic rings. The molecule has 0 saturated heterocycles. The number of hydrogen-bond acceptors (Lipinski definition) is 5. The zero-order valence-corrected chi connectivity index (χ0v) is 19.4. The fraction of sp³-hybridized carbons (Fsp3) is 0.542. The number of ether oxygens (including phenoxy) is 1. The van der Waals surface area contributed by atoms with E-state index < -0.39 is 21.1 Å². The number of carbonyl (C=O) groups is 1. The number of unbranched alkanes of at least 4 members (excludes halogenated alkanes) is 5. The average Bonchev–Trinajstić information content (AvgIpc) is 2.76. The molecule has 0 aliphatic rings. The summed E-state index contributed by atoms with van der Waals surface area (Å²) >= 11 is 0. The van der Waals surface area contributed by atoms with E-state index in [0.717, 1.165) is 32.4 Å². The zero-order valence-electron chi connectivity index (χ0n) is 18.6. The van der Waals surface area contributed by atoms with Crippen LogP contribution in [0.5, 0.6) is 0 Å². The molecule has 0 spiro atoms. The summed E-state index contributed by atoms with van der Waals surface area (Å²) in [5.74, 6) is -0.722. The maximum atomic E-state index is 13.0. The number of nitrogens with zero attached hydrogens (tertiary/aromatic N) is 1. The number of sulfone groups is 1. The molecule has 1 atom stereocenters. The van der Waals surface area contributed by atoms with Crippen LogP contribution in [-0.2, 0) is 19.4 Å². The first-order valence-electron chi connectivity index (χ1n) is 11.0. The van der Waals surface area contributed by atoms with Crippen LogP contribution in [0.3, 0.4) is 0 Å². The van der Waals surface area contributed by atoms with Crippen LogP contribution in [0.25, 0.3) is 0 Å². The van der Waals surface area contributed by atoms with Crippen LogP contribution < -0.4 is 0 Å². The molecule has 0 saturated carbocycles. The molecule has 0 N–H and O–H groups in total. The fourth-order valence-electron chi connectivity index (χ4n) is 2.97. The van der Waals surface area contributed by atoms with Crippen molar-refractivity contribution < 1.29 is 17.9 Å². The normalized spacial score (nSPS) is 13.0. The molecule has 1 aromatic carbocycles. The quantitative estimate of drug-likeness (QED) is 0.217. The third-order valence-electron chi connectivity index (χ3n) is 4.89. The van der Waals surface area contributed by atoms with Gasteiger partial charge in [-0.05, 0) is 44.7 Å². The van der Waals surface area contributed by atoms with Crippen molar-refractivity contribution in [2.24, 2.45) is 0 Å². The monoisotopic (exact) mass is 435 g/mol. The molecule has 0 fully saturated rings. The molecular formula is C24H37NO4S. The maximum absolute atomic E-state index is 13.0. The first-order chi connectivity index (χ1) is 14.5. The minimum atomic E-state index is -3.88. The second-order valence-corrected chi connectivity index (χ2v) is 9.23. The largest absolute Gasteiger partial charge is 0.464 e. The molecule has 1 unspecified atom stereocenters. The van der Waals surface area contributed by atoms with Crippen LogP contribution in [0.2, 0.25) is 0 Å². The smallest absolute Gasteiger partial charge is 0.328 e. The van der Waals surface area contributed by atoms with Gasteiger partial charge in [0.05, 0.1) is 11.5 Å². The minimum absolute atomic E-state index is 0.115. The molecule has 0 aliphatic heterocycles. The van der Waals surface area contributed by atoms with E-state index in [0.29, 0.717) is 0 Å². The van der Waals surface area contributed by atoms with E-state index in [2.05, 4.69) is 11.8 Å². The van der Waals surface area contributed by atoms with Gasteiger partial charge in [0.25, 0.3) is 0 Å². The third-order valence-corrected chi connectivity index (χ3v) is 6.83. The standard InChI is InChI=1S/C24H37NO4S/c1-4-7-8-9-10-16-21-29-24(26)23(19-14-15-20-25(5-2)6-3)30(27,28)22-17-12-11-13-18-22/h11-15,17-20,23H,4-10,16,21H2,1-3H3. The predicted octanol–water partition coefficient (Wildman–Crippen LogP) is 5.14. The molecule has 5 nitrogen and oxygen atoms in total. The summed E-state index contributed by atoms with van der Waals surface area (Å²) in [4.78, 5) is 14.8. The molecule has 0 bridgehead atoms. The van der Waals surface area contributed by atoms with Crippen molar-refractivity contribution in [2.45, 2.75) is 69.4 Å². The molecule has 0 amide bonds. The van der Waals surface area contributed by atoms with Crippen LogP contribution >= 0.6 is 0 Å². The van der Waals surface area contributed by atoms with E-state index >= 15 is 0 Å². The lowest BCUT2D eigenvalue weighted by Crippen LogP contribution is -2.30. The number of esters is 1. The van der Waals surface area contributed by atoms with Gasteiger partial charge in [-0.1, -0.05) is 69.4 Å². The summed E-state index contributed by atoms with van der Waals surface area (Å²) in [6.07, 6.45) is 13.1. The molecule has 0 aliphatic carbocycles. The highest BCUT2D eigenvalue weighted by Gasteiger charge is 2.33. The lowest BCUT2D eigenvalue weighted by atomic mass is 10.1. The van der Waals surface area contributed by atoms with Gasteiger partial charge in [-0.25, -0.2) is 8.42 Å². The van der Waals surface area contributed by atoms with Crippen LogP contribution in [-0.4, -0.2) is 44.2 Å². The Hall–Kier alpha value is -2.08. The summed E-state index contributed by atoms with van der Waals surface area (Å²) in [5, 5.41) is -1.36. The Kier molecular flexibility index (Phi) is 12.8. The van der Waals surface area contributed by atoms with Crippen LogP contribution in [0.1, 0.15) is 59.3 Å². The highest BCUT2D eigenvalue weighted by molar-refractivity contribution is 7.93. The van der Waals surface area contributed by atoms with Crippen LogP contribution in [0.15, 0.2) is 59.7 Å². The Balaban J connectivity index is 2.83. The van der Waals surface area contributed by atoms with Crippen molar-refractivity contribution in [3.8, 4) is 0 Å². The molecule has 0 heterocycles. The Morgan fingerprint density at radius 3 is 2.23 bits per heavy atom. The Morgan fingerprint density at radius 2 is 1.60 bits per heavy atom. The lowest BCUT2D eigenvalue weighted by Gasteiger charge is -2.15. The van der Waals surface area contributed by atoms with E-state index in [4.69, 9.17) is 4.74 Å². The van der Waals surface area contributed by atoms with Gasteiger partial charge < -0.3 is 9.64 Å². The van der Waals surface area contributed by atoms with Crippen molar-refractivity contribution in [1.29, 1.82) is 0 Å². The Labute approximate surface area is 182 Å². The van der Waals surface area contributed by atoms with Crippen molar-refractivity contribution in [2.75, 3.05) is 19.7 Å². The second kappa shape index (κ2) is 14.8. The van der Waals surface area contributed by atoms with Gasteiger partial charge in [0.15, 0.2) is 15.1 Å². The van der Waals surface area contributed by atoms with Gasteiger partial charge in [-0.2, -0.15) is 0 Å². The van der Waals surface area contributed by atoms with E-state index in [1.54, 1.807) is 30.4 Å². The fourth-order valence-corrected chi connectivity index (χ4v) is 4.42. The Morgan fingerprint density at radius 1 is 0.967 bits per heavy atom. The first kappa shape index (κ1) is 26.0. The van der Waals surface area contributed by atoms with E-state index in [9.17, 15) is 13.2 Å². The van der Waals surface area contributed by atoms with E-state index in [1.165, 1.54) is 37.5 Å². The van der Waals surface area contributed by atoms with Gasteiger partial charge in [-0.3, -0.25) is 4.79 Å². The lowest BCUT2D eigenvalue weighted by molar-refractivity contribution is -0.142. The van der Waals surface area contributed by atoms with Crippen molar-refractivity contribution in [3.63, 3.8) is 0 Å². The van der Waals surface area contributed by atoms with Crippen LogP contribution in [0, 0.1) is 0 Å². The molecule has 0 radical (unpaired) electrons. The highest BCUT2D eigenvalue weighted by Crippen LogP contribution is 2.18. The van der Waals surface area contributed by atoms with Crippen molar-refractivity contribution in [1.82, 2.24) is 4.90 Å². The van der Waals surface area contributed by atoms with Gasteiger partial charge >= 0.3 is 5.97 Å². The van der Waals surface area contributed by atoms with Gasteiger partial charge in [0.2, 0.25) is 0 Å². The molecule has 168 valence electrons. The molecular weight excluding hydrogens is 398 g/mol. The SMILES string of the molecule is CCCCCCCCOC(=O)C(C=CC=CN(CC)CC)S(=O)(=O)c1ccccc1. The second-order valence-electron chi connectivity index (χ2n) is 7.16. The van der Waals surface area contributed by atoms with Crippen molar-refractivity contribution in [3.05, 3.63) is 54.8 Å². The van der Waals surface area contributed by atoms with Gasteiger partial charge in [0.1, 0.15) is 0 Å². The number of carbonyl (C=O) groups excluding carboxylic acids is 1.